The molecule has 0 aliphatic heterocycles. The van der Waals surface area contributed by atoms with Crippen molar-refractivity contribution in [2.45, 2.75) is 79.8 Å². The SMILES string of the molecule is CCCC(=O)[C@@H](C)C(=O)C(=O)O[C@@H](C(=O)NCCC(N)=O)C(C)(C)CC(CC)C(=O)[C@@H](C)C(=O)C(=O)O. The van der Waals surface area contributed by atoms with Crippen LogP contribution in [0.4, 0.5) is 0 Å². The van der Waals surface area contributed by atoms with Crippen LogP contribution in [0.1, 0.15) is 73.6 Å². The molecule has 0 saturated carbocycles. The first-order valence-corrected chi connectivity index (χ1v) is 12.2. The van der Waals surface area contributed by atoms with Gasteiger partial charge in [0.25, 0.3) is 5.91 Å². The molecule has 0 spiro atoms. The summed E-state index contributed by atoms with van der Waals surface area (Å²) < 4.78 is 5.28. The summed E-state index contributed by atoms with van der Waals surface area (Å²) in [6, 6.07) is 0. The third kappa shape index (κ3) is 10.2. The molecule has 0 rings (SSSR count). The third-order valence-electron chi connectivity index (χ3n) is 6.12. The molecule has 0 aliphatic rings. The number of carbonyl (C=O) groups excluding carboxylic acids is 7. The van der Waals surface area contributed by atoms with E-state index in [4.69, 9.17) is 15.6 Å². The number of ether oxygens (including phenoxy) is 1. The fraction of sp³-hybridized carbons (Fsp3) is 0.680. The normalized spacial score (nSPS) is 14.4. The fourth-order valence-corrected chi connectivity index (χ4v) is 3.78. The van der Waals surface area contributed by atoms with Crippen LogP contribution < -0.4 is 11.1 Å². The van der Waals surface area contributed by atoms with Gasteiger partial charge in [0.15, 0.2) is 6.10 Å². The van der Waals surface area contributed by atoms with Crippen LogP contribution >= 0.6 is 0 Å². The summed E-state index contributed by atoms with van der Waals surface area (Å²) in [4.78, 5) is 96.9. The summed E-state index contributed by atoms with van der Waals surface area (Å²) in [7, 11) is 0. The van der Waals surface area contributed by atoms with E-state index >= 15 is 0 Å². The van der Waals surface area contributed by atoms with Gasteiger partial charge >= 0.3 is 11.9 Å². The van der Waals surface area contributed by atoms with Gasteiger partial charge in [0.2, 0.25) is 17.5 Å². The second-order valence-electron chi connectivity index (χ2n) is 9.69. The highest BCUT2D eigenvalue weighted by Crippen LogP contribution is 2.35. The lowest BCUT2D eigenvalue weighted by Crippen LogP contribution is -2.49. The first kappa shape index (κ1) is 33.6. The average Bonchev–Trinajstić information content (AvgIpc) is 2.82. The van der Waals surface area contributed by atoms with Gasteiger partial charge in [-0.15, -0.1) is 0 Å². The standard InChI is InChI=1S/C25H38N2O10/c1-7-9-16(28)13(3)20(32)24(36)37-21(22(33)27-11-10-17(26)29)25(5,6)12-15(8-2)18(30)14(4)19(31)23(34)35/h13-15,21H,7-12H2,1-6H3,(H2,26,29)(H,27,33)(H,34,35)/t13-,14-,15?,21+/m1/s1. The van der Waals surface area contributed by atoms with Crippen LogP contribution in [0.25, 0.3) is 0 Å². The van der Waals surface area contributed by atoms with E-state index in [0.29, 0.717) is 6.42 Å². The van der Waals surface area contributed by atoms with Crippen LogP contribution in [0.2, 0.25) is 0 Å². The Balaban J connectivity index is 6.00. The van der Waals surface area contributed by atoms with Crippen molar-refractivity contribution in [3.8, 4) is 0 Å². The maximum atomic E-state index is 13.0. The highest BCUT2D eigenvalue weighted by molar-refractivity contribution is 6.38. The molecule has 4 N–H and O–H groups in total. The number of carbonyl (C=O) groups is 8. The van der Waals surface area contributed by atoms with Gasteiger partial charge in [0.1, 0.15) is 11.6 Å². The Labute approximate surface area is 216 Å². The number of nitrogens with one attached hydrogen (secondary N) is 1. The molecular weight excluding hydrogens is 488 g/mol. The van der Waals surface area contributed by atoms with Crippen LogP contribution in [0.15, 0.2) is 0 Å². The zero-order chi connectivity index (χ0) is 29.1. The number of hydrogen-bond acceptors (Lipinski definition) is 9. The Morgan fingerprint density at radius 2 is 1.49 bits per heavy atom. The first-order valence-electron chi connectivity index (χ1n) is 12.2. The van der Waals surface area contributed by atoms with Crippen molar-refractivity contribution >= 4 is 46.9 Å². The number of amides is 2. The van der Waals surface area contributed by atoms with E-state index in [1.54, 1.807) is 13.8 Å². The van der Waals surface area contributed by atoms with Gasteiger partial charge in [-0.2, -0.15) is 0 Å². The smallest absolute Gasteiger partial charge is 0.376 e. The van der Waals surface area contributed by atoms with Gasteiger partial charge in [-0.25, -0.2) is 9.59 Å². The highest BCUT2D eigenvalue weighted by atomic mass is 16.6. The number of Topliss-reactive ketones (excluding diaryl/α,β-unsaturated/α-hetero) is 4. The zero-order valence-corrected chi connectivity index (χ0v) is 22.3. The predicted octanol–water partition coefficient (Wildman–Crippen LogP) is 0.766. The Hall–Kier alpha value is -3.44. The lowest BCUT2D eigenvalue weighted by molar-refractivity contribution is -0.170. The summed E-state index contributed by atoms with van der Waals surface area (Å²) in [5.74, 6) is -11.8. The summed E-state index contributed by atoms with van der Waals surface area (Å²) in [5, 5.41) is 11.3. The summed E-state index contributed by atoms with van der Waals surface area (Å²) in [5.41, 5.74) is 3.78. The number of esters is 1. The number of rotatable bonds is 18. The number of ketones is 4. The van der Waals surface area contributed by atoms with Crippen molar-refractivity contribution in [1.29, 1.82) is 0 Å². The van der Waals surface area contributed by atoms with E-state index < -0.39 is 76.2 Å². The number of hydrogen-bond donors (Lipinski definition) is 3. The van der Waals surface area contributed by atoms with Gasteiger partial charge in [0, 0.05) is 30.7 Å². The number of primary amides is 1. The second-order valence-corrected chi connectivity index (χ2v) is 9.69. The van der Waals surface area contributed by atoms with Crippen molar-refractivity contribution in [3.63, 3.8) is 0 Å². The van der Waals surface area contributed by atoms with E-state index in [9.17, 15) is 38.4 Å². The maximum Gasteiger partial charge on any atom is 0.376 e. The molecule has 208 valence electrons. The Bertz CT molecular complexity index is 924. The topological polar surface area (TPSA) is 204 Å². The lowest BCUT2D eigenvalue weighted by atomic mass is 9.73. The van der Waals surface area contributed by atoms with E-state index in [0.717, 1.165) is 0 Å². The maximum absolute atomic E-state index is 13.0. The summed E-state index contributed by atoms with van der Waals surface area (Å²) in [6.07, 6.45) is -1.21. The van der Waals surface area contributed by atoms with Crippen molar-refractivity contribution in [2.24, 2.45) is 28.9 Å². The third-order valence-corrected chi connectivity index (χ3v) is 6.12. The molecule has 0 aromatic carbocycles. The van der Waals surface area contributed by atoms with Crippen molar-refractivity contribution < 1.29 is 48.2 Å². The Kier molecular flexibility index (Phi) is 13.6. The molecule has 1 unspecified atom stereocenters. The van der Waals surface area contributed by atoms with E-state index in [1.807, 2.05) is 0 Å². The Morgan fingerprint density at radius 3 is 1.95 bits per heavy atom. The van der Waals surface area contributed by atoms with Crippen molar-refractivity contribution in [3.05, 3.63) is 0 Å². The second kappa shape index (κ2) is 15.0. The van der Waals surface area contributed by atoms with Gasteiger partial charge in [0.05, 0.1) is 11.8 Å². The van der Waals surface area contributed by atoms with Crippen LogP contribution in [-0.4, -0.2) is 64.6 Å². The number of carboxylic acid groups (broad SMARTS) is 1. The number of nitrogens with two attached hydrogens (primary N) is 1. The summed E-state index contributed by atoms with van der Waals surface area (Å²) in [6.45, 7) is 8.62. The quantitative estimate of drug-likeness (QED) is 0.130. The molecule has 0 aromatic heterocycles. The highest BCUT2D eigenvalue weighted by Gasteiger charge is 2.44. The molecule has 0 aliphatic carbocycles. The molecule has 0 saturated heterocycles. The first-order chi connectivity index (χ1) is 17.0. The van der Waals surface area contributed by atoms with Crippen LogP contribution in [0.5, 0.6) is 0 Å². The average molecular weight is 527 g/mol. The van der Waals surface area contributed by atoms with E-state index in [1.165, 1.54) is 27.7 Å². The van der Waals surface area contributed by atoms with Gasteiger partial charge in [-0.1, -0.05) is 27.7 Å². The molecule has 12 nitrogen and oxygen atoms in total. The monoisotopic (exact) mass is 526 g/mol. The molecule has 0 radical (unpaired) electrons. The van der Waals surface area contributed by atoms with E-state index in [-0.39, 0.29) is 32.2 Å². The minimum absolute atomic E-state index is 0.0796. The minimum Gasteiger partial charge on any atom is -0.475 e. The molecule has 4 atom stereocenters. The van der Waals surface area contributed by atoms with Crippen LogP contribution in [0.3, 0.4) is 0 Å². The fourth-order valence-electron chi connectivity index (χ4n) is 3.78. The van der Waals surface area contributed by atoms with E-state index in [2.05, 4.69) is 5.32 Å². The van der Waals surface area contributed by atoms with Gasteiger partial charge in [-0.05, 0) is 33.1 Å². The molecule has 2 amide bonds. The van der Waals surface area contributed by atoms with Crippen molar-refractivity contribution in [2.75, 3.05) is 6.54 Å². The van der Waals surface area contributed by atoms with Gasteiger partial charge in [-0.3, -0.25) is 28.8 Å². The number of carboxylic acids is 1. The largest absolute Gasteiger partial charge is 0.475 e. The molecule has 0 heterocycles. The molecule has 0 bridgehead atoms. The zero-order valence-electron chi connectivity index (χ0n) is 22.3. The number of aliphatic carboxylic acids is 1. The summed E-state index contributed by atoms with van der Waals surface area (Å²) >= 11 is 0. The lowest BCUT2D eigenvalue weighted by Gasteiger charge is -2.35. The molecular formula is C25H38N2O10. The molecule has 12 heteroatoms. The van der Waals surface area contributed by atoms with Gasteiger partial charge < -0.3 is 20.9 Å². The van der Waals surface area contributed by atoms with Crippen LogP contribution in [0, 0.1) is 23.2 Å². The molecule has 0 aromatic rings. The molecule has 0 fully saturated rings. The van der Waals surface area contributed by atoms with Crippen molar-refractivity contribution in [1.82, 2.24) is 5.32 Å². The van der Waals surface area contributed by atoms with Crippen LogP contribution in [-0.2, 0) is 43.1 Å². The predicted molar refractivity (Wildman–Crippen MR) is 130 cm³/mol. The molecule has 37 heavy (non-hydrogen) atoms. The minimum atomic E-state index is -1.75. The Morgan fingerprint density at radius 1 is 0.919 bits per heavy atom.